The summed E-state index contributed by atoms with van der Waals surface area (Å²) < 4.78 is 14.8. The first-order valence-corrected chi connectivity index (χ1v) is 14.7. The van der Waals surface area contributed by atoms with E-state index in [2.05, 4.69) is 73.9 Å². The van der Waals surface area contributed by atoms with Crippen LogP contribution < -0.4 is 0 Å². The number of unbranched alkanes of at least 4 members (excludes halogenated alkanes) is 3. The average Bonchev–Trinajstić information content (AvgIpc) is 2.95. The van der Waals surface area contributed by atoms with Gasteiger partial charge in [-0.3, -0.25) is 0 Å². The highest BCUT2D eigenvalue weighted by atomic mass is 19.1. The van der Waals surface area contributed by atoms with Crippen molar-refractivity contribution in [3.8, 4) is 23.7 Å². The lowest BCUT2D eigenvalue weighted by molar-refractivity contribution is 0.443. The molecule has 0 bridgehead atoms. The van der Waals surface area contributed by atoms with Gasteiger partial charge in [-0.1, -0.05) is 101 Å². The fraction of sp³-hybridized carbons (Fsp3) is 0.405. The molecule has 0 saturated heterocycles. The van der Waals surface area contributed by atoms with Gasteiger partial charge in [0.25, 0.3) is 0 Å². The van der Waals surface area contributed by atoms with Crippen LogP contribution in [-0.2, 0) is 12.8 Å². The number of hydrogen-bond donors (Lipinski definition) is 0. The minimum Gasteiger partial charge on any atom is -0.206 e. The normalized spacial score (nSPS) is 13.3. The van der Waals surface area contributed by atoms with Crippen LogP contribution in [0.2, 0.25) is 0 Å². The topological polar surface area (TPSA) is 0 Å². The maximum absolute atomic E-state index is 14.8. The van der Waals surface area contributed by atoms with Crippen molar-refractivity contribution in [3.05, 3.63) is 105 Å². The predicted molar refractivity (Wildman–Crippen MR) is 159 cm³/mol. The van der Waals surface area contributed by atoms with Crippen molar-refractivity contribution in [1.82, 2.24) is 0 Å². The largest absolute Gasteiger partial charge is 0.206 e. The SMILES string of the molecule is CCCCCCc1ccc(C#Cc2ccc(C#Cc3ccc(CCC)cc3)c(C3CCCCC3)c2)c(F)c1. The maximum atomic E-state index is 14.8. The second-order valence-electron chi connectivity index (χ2n) is 10.7. The zero-order chi connectivity index (χ0) is 26.6. The highest BCUT2D eigenvalue weighted by Crippen LogP contribution is 2.34. The van der Waals surface area contributed by atoms with Crippen LogP contribution in [0.4, 0.5) is 4.39 Å². The van der Waals surface area contributed by atoms with Gasteiger partial charge in [-0.2, -0.15) is 0 Å². The molecule has 1 saturated carbocycles. The Hall–Kier alpha value is -3.29. The molecular formula is C37H41F. The zero-order valence-corrected chi connectivity index (χ0v) is 23.2. The lowest BCUT2D eigenvalue weighted by atomic mass is 9.81. The molecule has 0 heterocycles. The molecule has 0 atom stereocenters. The van der Waals surface area contributed by atoms with Gasteiger partial charge in [0.1, 0.15) is 5.82 Å². The predicted octanol–water partition coefficient (Wildman–Crippen LogP) is 9.75. The van der Waals surface area contributed by atoms with E-state index in [1.54, 1.807) is 6.07 Å². The number of halogens is 1. The Morgan fingerprint density at radius 1 is 0.632 bits per heavy atom. The lowest BCUT2D eigenvalue weighted by Crippen LogP contribution is -2.07. The number of hydrogen-bond acceptors (Lipinski definition) is 0. The van der Waals surface area contributed by atoms with E-state index >= 15 is 0 Å². The second-order valence-corrected chi connectivity index (χ2v) is 10.7. The molecule has 0 aliphatic heterocycles. The maximum Gasteiger partial charge on any atom is 0.139 e. The van der Waals surface area contributed by atoms with Gasteiger partial charge in [0.15, 0.2) is 0 Å². The molecule has 0 N–H and O–H groups in total. The minimum absolute atomic E-state index is 0.217. The molecule has 1 aliphatic rings. The summed E-state index contributed by atoms with van der Waals surface area (Å²) in [5.74, 6) is 13.5. The zero-order valence-electron chi connectivity index (χ0n) is 23.2. The number of rotatable bonds is 8. The first-order valence-electron chi connectivity index (χ1n) is 14.7. The van der Waals surface area contributed by atoms with Crippen LogP contribution in [-0.4, -0.2) is 0 Å². The van der Waals surface area contributed by atoms with Crippen LogP contribution in [0.3, 0.4) is 0 Å². The van der Waals surface area contributed by atoms with Gasteiger partial charge in [-0.25, -0.2) is 4.39 Å². The summed E-state index contributed by atoms with van der Waals surface area (Å²) in [5, 5.41) is 0. The molecule has 4 rings (SSSR count). The fourth-order valence-corrected chi connectivity index (χ4v) is 5.40. The van der Waals surface area contributed by atoms with E-state index in [9.17, 15) is 4.39 Å². The second kappa shape index (κ2) is 14.6. The van der Waals surface area contributed by atoms with Gasteiger partial charge >= 0.3 is 0 Å². The Balaban J connectivity index is 1.54. The monoisotopic (exact) mass is 504 g/mol. The van der Waals surface area contributed by atoms with Gasteiger partial charge in [0, 0.05) is 16.7 Å². The van der Waals surface area contributed by atoms with E-state index in [1.165, 1.54) is 62.5 Å². The van der Waals surface area contributed by atoms with Crippen LogP contribution in [0.25, 0.3) is 0 Å². The Kier molecular flexibility index (Phi) is 10.7. The molecule has 0 nitrogen and oxygen atoms in total. The van der Waals surface area contributed by atoms with Crippen LogP contribution in [0, 0.1) is 29.5 Å². The van der Waals surface area contributed by atoms with Crippen molar-refractivity contribution >= 4 is 0 Å². The van der Waals surface area contributed by atoms with E-state index in [4.69, 9.17) is 0 Å². The van der Waals surface area contributed by atoms with Gasteiger partial charge in [0.05, 0.1) is 5.56 Å². The number of benzene rings is 3. The summed E-state index contributed by atoms with van der Waals surface area (Å²) in [7, 11) is 0. The molecule has 1 fully saturated rings. The third kappa shape index (κ3) is 8.10. The van der Waals surface area contributed by atoms with Crippen molar-refractivity contribution in [2.24, 2.45) is 0 Å². The third-order valence-corrected chi connectivity index (χ3v) is 7.62. The standard InChI is InChI=1S/C37H41F/c1-3-5-6-8-12-31-21-25-35(37(38)28-31)26-22-32-20-24-34(36(27-32)33-13-9-7-10-14-33)23-19-30-17-15-29(11-4-2)16-18-30/h15-18,20-21,24-25,27-28,33H,3-14H2,1-2H3. The molecule has 0 spiro atoms. The van der Waals surface area contributed by atoms with Gasteiger partial charge < -0.3 is 0 Å². The quantitative estimate of drug-likeness (QED) is 0.211. The molecular weight excluding hydrogens is 463 g/mol. The summed E-state index contributed by atoms with van der Waals surface area (Å²) >= 11 is 0. The van der Waals surface area contributed by atoms with Crippen LogP contribution in [0.15, 0.2) is 60.7 Å². The molecule has 38 heavy (non-hydrogen) atoms. The Bertz CT molecular complexity index is 1300. The smallest absolute Gasteiger partial charge is 0.139 e. The molecule has 0 aromatic heterocycles. The van der Waals surface area contributed by atoms with Crippen LogP contribution >= 0.6 is 0 Å². The third-order valence-electron chi connectivity index (χ3n) is 7.62. The van der Waals surface area contributed by atoms with Gasteiger partial charge in [-0.15, -0.1) is 0 Å². The summed E-state index contributed by atoms with van der Waals surface area (Å²) in [4.78, 5) is 0. The van der Waals surface area contributed by atoms with Crippen LogP contribution in [0.5, 0.6) is 0 Å². The highest BCUT2D eigenvalue weighted by molar-refractivity contribution is 5.53. The molecule has 0 unspecified atom stereocenters. The Morgan fingerprint density at radius 3 is 2.05 bits per heavy atom. The van der Waals surface area contributed by atoms with E-state index in [-0.39, 0.29) is 5.82 Å². The molecule has 0 radical (unpaired) electrons. The number of aryl methyl sites for hydroxylation is 2. The molecule has 1 aliphatic carbocycles. The first kappa shape index (κ1) is 27.7. The fourth-order valence-electron chi connectivity index (χ4n) is 5.40. The van der Waals surface area contributed by atoms with Crippen molar-refractivity contribution in [3.63, 3.8) is 0 Å². The summed E-state index contributed by atoms with van der Waals surface area (Å²) in [5.41, 5.74) is 7.27. The minimum atomic E-state index is -0.217. The molecule has 196 valence electrons. The summed E-state index contributed by atoms with van der Waals surface area (Å²) in [6, 6.07) is 20.5. The van der Waals surface area contributed by atoms with Crippen molar-refractivity contribution in [1.29, 1.82) is 0 Å². The van der Waals surface area contributed by atoms with E-state index < -0.39 is 0 Å². The van der Waals surface area contributed by atoms with E-state index in [0.29, 0.717) is 11.5 Å². The lowest BCUT2D eigenvalue weighted by Gasteiger charge is -2.23. The first-order chi connectivity index (χ1) is 18.7. The molecule has 0 amide bonds. The van der Waals surface area contributed by atoms with E-state index in [0.717, 1.165) is 47.9 Å². The van der Waals surface area contributed by atoms with Crippen molar-refractivity contribution < 1.29 is 4.39 Å². The van der Waals surface area contributed by atoms with Crippen molar-refractivity contribution in [2.45, 2.75) is 96.8 Å². The summed E-state index contributed by atoms with van der Waals surface area (Å²) in [6.07, 6.45) is 14.2. The van der Waals surface area contributed by atoms with E-state index in [1.807, 2.05) is 18.2 Å². The Labute approximate surface area is 230 Å². The van der Waals surface area contributed by atoms with Crippen LogP contribution in [0.1, 0.15) is 123 Å². The average molecular weight is 505 g/mol. The van der Waals surface area contributed by atoms with Crippen molar-refractivity contribution in [2.75, 3.05) is 0 Å². The van der Waals surface area contributed by atoms with Gasteiger partial charge in [-0.05, 0) is 97.2 Å². The summed E-state index contributed by atoms with van der Waals surface area (Å²) in [6.45, 7) is 4.41. The van der Waals surface area contributed by atoms with Gasteiger partial charge in [0.2, 0.25) is 0 Å². The molecule has 1 heteroatoms. The molecule has 3 aromatic carbocycles. The Morgan fingerprint density at radius 2 is 1.32 bits per heavy atom. The molecule has 3 aromatic rings. The highest BCUT2D eigenvalue weighted by Gasteiger charge is 2.18.